The van der Waals surface area contributed by atoms with Crippen molar-refractivity contribution in [3.8, 4) is 0 Å². The predicted molar refractivity (Wildman–Crippen MR) is 56.8 cm³/mol. The van der Waals surface area contributed by atoms with Gasteiger partial charge in [0.2, 0.25) is 0 Å². The number of halogens is 1. The van der Waals surface area contributed by atoms with Crippen molar-refractivity contribution >= 4 is 21.9 Å². The SMILES string of the molecule is CC(C)(C)OC(=O)C(N)CCCBr. The van der Waals surface area contributed by atoms with E-state index in [0.717, 1.165) is 11.8 Å². The molecule has 4 heteroatoms. The van der Waals surface area contributed by atoms with Gasteiger partial charge in [0.1, 0.15) is 11.6 Å². The zero-order chi connectivity index (χ0) is 10.5. The first-order valence-corrected chi connectivity index (χ1v) is 5.53. The lowest BCUT2D eigenvalue weighted by Gasteiger charge is -2.21. The molecule has 1 unspecified atom stereocenters. The van der Waals surface area contributed by atoms with Crippen molar-refractivity contribution in [2.45, 2.75) is 45.3 Å². The molecule has 0 aliphatic carbocycles. The third-order valence-electron chi connectivity index (χ3n) is 1.36. The van der Waals surface area contributed by atoms with E-state index in [2.05, 4.69) is 15.9 Å². The molecule has 78 valence electrons. The molecule has 0 aromatic rings. The Balaban J connectivity index is 3.83. The summed E-state index contributed by atoms with van der Waals surface area (Å²) >= 11 is 3.28. The van der Waals surface area contributed by atoms with E-state index >= 15 is 0 Å². The van der Waals surface area contributed by atoms with Gasteiger partial charge in [-0.2, -0.15) is 0 Å². The van der Waals surface area contributed by atoms with Crippen LogP contribution in [-0.2, 0) is 9.53 Å². The van der Waals surface area contributed by atoms with Crippen molar-refractivity contribution < 1.29 is 9.53 Å². The fourth-order valence-corrected chi connectivity index (χ4v) is 1.12. The third kappa shape index (κ3) is 7.02. The lowest BCUT2D eigenvalue weighted by atomic mass is 10.1. The lowest BCUT2D eigenvalue weighted by Crippen LogP contribution is -2.37. The summed E-state index contributed by atoms with van der Waals surface area (Å²) in [4.78, 5) is 11.3. The minimum Gasteiger partial charge on any atom is -0.459 e. The Labute approximate surface area is 88.1 Å². The maximum atomic E-state index is 11.3. The Morgan fingerprint density at radius 1 is 1.54 bits per heavy atom. The normalized spacial score (nSPS) is 13.9. The van der Waals surface area contributed by atoms with Gasteiger partial charge in [-0.25, -0.2) is 0 Å². The summed E-state index contributed by atoms with van der Waals surface area (Å²) < 4.78 is 5.12. The number of carbonyl (C=O) groups is 1. The van der Waals surface area contributed by atoms with E-state index in [-0.39, 0.29) is 5.97 Å². The highest BCUT2D eigenvalue weighted by Gasteiger charge is 2.21. The van der Waals surface area contributed by atoms with Gasteiger partial charge < -0.3 is 10.5 Å². The van der Waals surface area contributed by atoms with Crippen molar-refractivity contribution in [3.05, 3.63) is 0 Å². The lowest BCUT2D eigenvalue weighted by molar-refractivity contribution is -0.156. The molecule has 3 nitrogen and oxygen atoms in total. The summed E-state index contributed by atoms with van der Waals surface area (Å²) in [5.41, 5.74) is 5.17. The standard InChI is InChI=1S/C9H18BrNO2/c1-9(2,3)13-8(12)7(11)5-4-6-10/h7H,4-6,11H2,1-3H3. The van der Waals surface area contributed by atoms with Crippen LogP contribution in [0.4, 0.5) is 0 Å². The summed E-state index contributed by atoms with van der Waals surface area (Å²) in [5.74, 6) is -0.312. The van der Waals surface area contributed by atoms with E-state index in [1.165, 1.54) is 0 Å². The number of hydrogen-bond acceptors (Lipinski definition) is 3. The van der Waals surface area contributed by atoms with E-state index in [9.17, 15) is 4.79 Å². The molecule has 0 rings (SSSR count). The number of ether oxygens (including phenoxy) is 1. The Morgan fingerprint density at radius 3 is 2.46 bits per heavy atom. The van der Waals surface area contributed by atoms with Gasteiger partial charge in [0.25, 0.3) is 0 Å². The second-order valence-corrected chi connectivity index (χ2v) is 4.76. The number of hydrogen-bond donors (Lipinski definition) is 1. The molecule has 0 heterocycles. The van der Waals surface area contributed by atoms with E-state index < -0.39 is 11.6 Å². The van der Waals surface area contributed by atoms with Crippen LogP contribution in [0.1, 0.15) is 33.6 Å². The van der Waals surface area contributed by atoms with Crippen LogP contribution in [0.15, 0.2) is 0 Å². The van der Waals surface area contributed by atoms with Crippen LogP contribution >= 0.6 is 15.9 Å². The van der Waals surface area contributed by atoms with Gasteiger partial charge in [0, 0.05) is 5.33 Å². The van der Waals surface area contributed by atoms with Crippen molar-refractivity contribution in [1.29, 1.82) is 0 Å². The number of nitrogens with two attached hydrogens (primary N) is 1. The molecule has 0 spiro atoms. The van der Waals surface area contributed by atoms with Crippen LogP contribution in [-0.4, -0.2) is 22.9 Å². The van der Waals surface area contributed by atoms with Crippen molar-refractivity contribution in [2.24, 2.45) is 5.73 Å². The highest BCUT2D eigenvalue weighted by Crippen LogP contribution is 2.09. The molecule has 13 heavy (non-hydrogen) atoms. The van der Waals surface area contributed by atoms with Crippen LogP contribution in [0.25, 0.3) is 0 Å². The summed E-state index contributed by atoms with van der Waals surface area (Å²) in [6, 6.07) is -0.489. The minimum absolute atomic E-state index is 0.312. The Bertz CT molecular complexity index is 165. The van der Waals surface area contributed by atoms with Crippen LogP contribution in [0.5, 0.6) is 0 Å². The predicted octanol–water partition coefficient (Wildman–Crippen LogP) is 1.83. The molecule has 0 radical (unpaired) electrons. The number of carbonyl (C=O) groups excluding carboxylic acids is 1. The number of alkyl halides is 1. The van der Waals surface area contributed by atoms with Crippen molar-refractivity contribution in [2.75, 3.05) is 5.33 Å². The minimum atomic E-state index is -0.489. The van der Waals surface area contributed by atoms with Gasteiger partial charge in [0.05, 0.1) is 0 Å². The molecule has 0 saturated heterocycles. The Kier molecular flexibility index (Phi) is 5.56. The van der Waals surface area contributed by atoms with E-state index in [1.54, 1.807) is 0 Å². The monoisotopic (exact) mass is 251 g/mol. The molecular formula is C9H18BrNO2. The molecule has 0 aromatic heterocycles. The van der Waals surface area contributed by atoms with Crippen molar-refractivity contribution in [3.63, 3.8) is 0 Å². The summed E-state index contributed by atoms with van der Waals surface area (Å²) in [5, 5.41) is 0.865. The number of rotatable bonds is 4. The zero-order valence-corrected chi connectivity index (χ0v) is 10.1. The van der Waals surface area contributed by atoms with E-state index in [0.29, 0.717) is 6.42 Å². The fourth-order valence-electron chi connectivity index (χ4n) is 0.792. The maximum absolute atomic E-state index is 11.3. The average Bonchev–Trinajstić information content (AvgIpc) is 1.96. The first kappa shape index (κ1) is 12.9. The number of esters is 1. The van der Waals surface area contributed by atoms with Gasteiger partial charge in [-0.15, -0.1) is 0 Å². The second-order valence-electron chi connectivity index (χ2n) is 3.97. The molecule has 0 aliphatic heterocycles. The molecule has 0 amide bonds. The second kappa shape index (κ2) is 5.60. The fraction of sp³-hybridized carbons (Fsp3) is 0.889. The first-order valence-electron chi connectivity index (χ1n) is 4.41. The summed E-state index contributed by atoms with van der Waals surface area (Å²) in [7, 11) is 0. The molecular weight excluding hydrogens is 234 g/mol. The Morgan fingerprint density at radius 2 is 2.08 bits per heavy atom. The molecule has 1 atom stereocenters. The molecule has 0 aliphatic rings. The highest BCUT2D eigenvalue weighted by molar-refractivity contribution is 9.09. The van der Waals surface area contributed by atoms with Crippen LogP contribution in [0, 0.1) is 0 Å². The van der Waals surface area contributed by atoms with Gasteiger partial charge in [-0.1, -0.05) is 15.9 Å². The molecule has 0 fully saturated rings. The van der Waals surface area contributed by atoms with E-state index in [4.69, 9.17) is 10.5 Å². The zero-order valence-electron chi connectivity index (χ0n) is 8.47. The van der Waals surface area contributed by atoms with Crippen LogP contribution < -0.4 is 5.73 Å². The van der Waals surface area contributed by atoms with Gasteiger partial charge in [0.15, 0.2) is 0 Å². The van der Waals surface area contributed by atoms with Gasteiger partial charge in [-0.3, -0.25) is 4.79 Å². The van der Waals surface area contributed by atoms with Gasteiger partial charge >= 0.3 is 5.97 Å². The highest BCUT2D eigenvalue weighted by atomic mass is 79.9. The molecule has 2 N–H and O–H groups in total. The maximum Gasteiger partial charge on any atom is 0.323 e. The molecule has 0 bridgehead atoms. The topological polar surface area (TPSA) is 52.3 Å². The third-order valence-corrected chi connectivity index (χ3v) is 1.92. The largest absolute Gasteiger partial charge is 0.459 e. The Hall–Kier alpha value is -0.0900. The molecule has 0 saturated carbocycles. The average molecular weight is 252 g/mol. The quantitative estimate of drug-likeness (QED) is 0.613. The molecule has 0 aromatic carbocycles. The summed E-state index contributed by atoms with van der Waals surface area (Å²) in [6.07, 6.45) is 1.56. The van der Waals surface area contributed by atoms with E-state index in [1.807, 2.05) is 20.8 Å². The van der Waals surface area contributed by atoms with Gasteiger partial charge in [-0.05, 0) is 33.6 Å². The van der Waals surface area contributed by atoms with Crippen LogP contribution in [0.3, 0.4) is 0 Å². The first-order chi connectivity index (χ1) is 5.87. The van der Waals surface area contributed by atoms with Crippen molar-refractivity contribution in [1.82, 2.24) is 0 Å². The smallest absolute Gasteiger partial charge is 0.323 e. The van der Waals surface area contributed by atoms with Crippen LogP contribution in [0.2, 0.25) is 0 Å². The summed E-state index contributed by atoms with van der Waals surface area (Å²) in [6.45, 7) is 5.51.